The van der Waals surface area contributed by atoms with Gasteiger partial charge in [0.1, 0.15) is 0 Å². The molecule has 0 fully saturated rings. The summed E-state index contributed by atoms with van der Waals surface area (Å²) in [5.41, 5.74) is 0. The van der Waals surface area contributed by atoms with Crippen molar-refractivity contribution in [1.29, 1.82) is 0 Å². The first kappa shape index (κ1) is 16.7. The van der Waals surface area contributed by atoms with E-state index in [1.807, 2.05) is 0 Å². The van der Waals surface area contributed by atoms with Crippen molar-refractivity contribution in [2.24, 2.45) is 0 Å². The van der Waals surface area contributed by atoms with Crippen LogP contribution in [0, 0.1) is 0 Å². The maximum atomic E-state index is 8.67. The standard InChI is InChI=1S/BHO3.Ca.H2O3S/c2-1(3)4;;1-4(2)3/h2H;;(H2,1,2,3)/q-2;+2;. The maximum absolute atomic E-state index is 8.67. The summed E-state index contributed by atoms with van der Waals surface area (Å²) in [6.07, 6.45) is 0. The van der Waals surface area contributed by atoms with Gasteiger partial charge in [0.25, 0.3) is 11.4 Å². The fourth-order valence-electron chi connectivity index (χ4n) is 0. The predicted molar refractivity (Wildman–Crippen MR) is 27.1 cm³/mol. The van der Waals surface area contributed by atoms with Crippen LogP contribution in [0.5, 0.6) is 0 Å². The molecule has 0 unspecified atom stereocenters. The maximum Gasteiger partial charge on any atom is 2.00 e. The molecule has 0 bridgehead atoms. The second kappa shape index (κ2) is 12.0. The van der Waals surface area contributed by atoms with Crippen molar-refractivity contribution in [1.82, 2.24) is 0 Å². The minimum absolute atomic E-state index is 0. The monoisotopic (exact) mass is 182 g/mol. The van der Waals surface area contributed by atoms with Gasteiger partial charge in [-0.15, -0.1) is 0 Å². The van der Waals surface area contributed by atoms with Crippen molar-refractivity contribution < 1.29 is 28.4 Å². The third kappa shape index (κ3) is 302. The van der Waals surface area contributed by atoms with Crippen LogP contribution in [0.3, 0.4) is 0 Å². The van der Waals surface area contributed by atoms with Crippen molar-refractivity contribution in [3.05, 3.63) is 0 Å². The van der Waals surface area contributed by atoms with Crippen molar-refractivity contribution in [2.75, 3.05) is 0 Å². The van der Waals surface area contributed by atoms with Crippen LogP contribution in [-0.2, 0) is 11.4 Å². The first-order valence-electron chi connectivity index (χ1n) is 1.26. The molecule has 0 spiro atoms. The van der Waals surface area contributed by atoms with Crippen molar-refractivity contribution in [2.45, 2.75) is 0 Å². The molecule has 3 N–H and O–H groups in total. The van der Waals surface area contributed by atoms with Crippen LogP contribution in [0.2, 0.25) is 0 Å². The van der Waals surface area contributed by atoms with Crippen LogP contribution in [0.4, 0.5) is 0 Å². The molecule has 0 aromatic rings. The van der Waals surface area contributed by atoms with Crippen LogP contribution < -0.4 is 10.0 Å². The molecule has 0 saturated heterocycles. The zero-order valence-electron chi connectivity index (χ0n) is 4.26. The summed E-state index contributed by atoms with van der Waals surface area (Å²) in [7, 11) is -2.67. The Morgan fingerprint density at radius 1 is 1.33 bits per heavy atom. The Bertz CT molecular complexity index is 57.3. The van der Waals surface area contributed by atoms with Gasteiger partial charge in [-0.25, -0.2) is 0 Å². The number of hydrogen-bond acceptors (Lipinski definition) is 4. The molecule has 9 heteroatoms. The molecule has 0 radical (unpaired) electrons. The van der Waals surface area contributed by atoms with Crippen LogP contribution >= 0.6 is 0 Å². The summed E-state index contributed by atoms with van der Waals surface area (Å²) in [4.78, 5) is 0. The molecule has 0 heterocycles. The fraction of sp³-hybridized carbons (Fsp3) is 0. The zero-order valence-corrected chi connectivity index (χ0v) is 7.28. The second-order valence-electron chi connectivity index (χ2n) is 0.538. The van der Waals surface area contributed by atoms with Crippen LogP contribution in [0.25, 0.3) is 0 Å². The SMILES string of the molecule is O=S(O)O.[Ca+2].[O-]B([O-])O. The van der Waals surface area contributed by atoms with Gasteiger partial charge in [-0.05, 0) is 0 Å². The second-order valence-corrected chi connectivity index (χ2v) is 0.999. The largest absolute Gasteiger partial charge is 2.00 e. The summed E-state index contributed by atoms with van der Waals surface area (Å²) < 4.78 is 22.8. The fourth-order valence-corrected chi connectivity index (χ4v) is 0. The summed E-state index contributed by atoms with van der Waals surface area (Å²) in [6.45, 7) is 0. The van der Waals surface area contributed by atoms with E-state index < -0.39 is 18.7 Å². The Labute approximate surface area is 84.2 Å². The van der Waals surface area contributed by atoms with Crippen molar-refractivity contribution >= 4 is 56.4 Å². The third-order valence-electron chi connectivity index (χ3n) is 0. The van der Waals surface area contributed by atoms with Crippen molar-refractivity contribution in [3.63, 3.8) is 0 Å². The Balaban J connectivity index is -0.0000000720. The third-order valence-corrected chi connectivity index (χ3v) is 0. The Morgan fingerprint density at radius 3 is 1.33 bits per heavy atom. The van der Waals surface area contributed by atoms with Gasteiger partial charge < -0.3 is 15.1 Å². The Kier molecular flexibility index (Phi) is 22.3. The van der Waals surface area contributed by atoms with Crippen LogP contribution in [0.15, 0.2) is 0 Å². The van der Waals surface area contributed by atoms with E-state index in [2.05, 4.69) is 0 Å². The summed E-state index contributed by atoms with van der Waals surface area (Å²) >= 11 is -2.61. The van der Waals surface area contributed by atoms with E-state index in [1.165, 1.54) is 0 Å². The van der Waals surface area contributed by atoms with E-state index >= 15 is 0 Å². The van der Waals surface area contributed by atoms with E-state index in [4.69, 9.17) is 28.4 Å². The minimum Gasteiger partial charge on any atom is -0.871 e. The average Bonchev–Trinajstić information content (AvgIpc) is 1.25. The van der Waals surface area contributed by atoms with E-state index in [0.29, 0.717) is 0 Å². The van der Waals surface area contributed by atoms with Gasteiger partial charge in [0.05, 0.1) is 7.32 Å². The van der Waals surface area contributed by atoms with Crippen LogP contribution in [0.1, 0.15) is 0 Å². The Hall–Kier alpha value is 1.27. The number of rotatable bonds is 0. The first-order chi connectivity index (χ1) is 3.46. The minimum atomic E-state index is -2.67. The van der Waals surface area contributed by atoms with E-state index in [-0.39, 0.29) is 37.7 Å². The van der Waals surface area contributed by atoms with Gasteiger partial charge in [0.15, 0.2) is 0 Å². The van der Waals surface area contributed by atoms with E-state index in [9.17, 15) is 0 Å². The topological polar surface area (TPSA) is 124 Å². The molecule has 0 saturated carbocycles. The molecule has 0 amide bonds. The molecule has 0 aliphatic carbocycles. The van der Waals surface area contributed by atoms with Crippen molar-refractivity contribution in [3.8, 4) is 0 Å². The summed E-state index contributed by atoms with van der Waals surface area (Å²) in [6, 6.07) is 0. The van der Waals surface area contributed by atoms with Gasteiger partial charge in [0, 0.05) is 0 Å². The zero-order chi connectivity index (χ0) is 7.15. The molecule has 0 aromatic carbocycles. The van der Waals surface area contributed by atoms with E-state index in [1.54, 1.807) is 0 Å². The first-order valence-corrected chi connectivity index (χ1v) is 2.33. The molecule has 0 aromatic heterocycles. The van der Waals surface area contributed by atoms with E-state index in [0.717, 1.165) is 0 Å². The molecule has 0 aliphatic rings. The molecule has 0 atom stereocenters. The molecule has 6 nitrogen and oxygen atoms in total. The molecule has 50 valence electrons. The molecular weight excluding hydrogens is 179 g/mol. The van der Waals surface area contributed by atoms with Gasteiger partial charge in [-0.2, -0.15) is 4.21 Å². The molecular formula is H3BCaO6S. The van der Waals surface area contributed by atoms with Gasteiger partial charge in [-0.1, -0.05) is 0 Å². The molecule has 9 heavy (non-hydrogen) atoms. The predicted octanol–water partition coefficient (Wildman–Crippen LogP) is -4.02. The smallest absolute Gasteiger partial charge is 0.871 e. The number of hydrogen-bond donors (Lipinski definition) is 3. The van der Waals surface area contributed by atoms with Gasteiger partial charge in [0.2, 0.25) is 0 Å². The quantitative estimate of drug-likeness (QED) is 0.259. The molecule has 0 rings (SSSR count). The van der Waals surface area contributed by atoms with Gasteiger partial charge in [-0.3, -0.25) is 9.11 Å². The molecule has 0 aliphatic heterocycles. The normalized spacial score (nSPS) is 6.89. The summed E-state index contributed by atoms with van der Waals surface area (Å²) in [5, 5.41) is 24.0. The van der Waals surface area contributed by atoms with Crippen LogP contribution in [-0.4, -0.2) is 63.4 Å². The average molecular weight is 182 g/mol. The van der Waals surface area contributed by atoms with Gasteiger partial charge >= 0.3 is 37.7 Å². The Morgan fingerprint density at radius 2 is 1.33 bits per heavy atom. The summed E-state index contributed by atoms with van der Waals surface area (Å²) in [5.74, 6) is 0.